The first kappa shape index (κ1) is 17.7. The van der Waals surface area contributed by atoms with Crippen molar-refractivity contribution in [3.8, 4) is 0 Å². The third kappa shape index (κ3) is 3.86. The lowest BCUT2D eigenvalue weighted by molar-refractivity contribution is -0.131. The van der Waals surface area contributed by atoms with E-state index in [-0.39, 0.29) is 0 Å². The predicted molar refractivity (Wildman–Crippen MR) is 109 cm³/mol. The second kappa shape index (κ2) is 7.92. The number of pyridine rings is 1. The number of aromatic nitrogens is 1. The largest absolute Gasteiger partial charge is 0.370 e. The molecule has 2 saturated heterocycles. The Kier molecular flexibility index (Phi) is 5.41. The van der Waals surface area contributed by atoms with Crippen molar-refractivity contribution >= 4 is 38.4 Å². The van der Waals surface area contributed by atoms with Crippen LogP contribution in [0.25, 0.3) is 10.9 Å². The average molecular weight is 417 g/mol. The van der Waals surface area contributed by atoms with Crippen LogP contribution in [0.15, 0.2) is 34.9 Å². The summed E-state index contributed by atoms with van der Waals surface area (Å²) in [6, 6.07) is 8.40. The summed E-state index contributed by atoms with van der Waals surface area (Å²) in [4.78, 5) is 23.7. The third-order valence-electron chi connectivity index (χ3n) is 5.43. The van der Waals surface area contributed by atoms with Crippen LogP contribution >= 0.6 is 15.9 Å². The van der Waals surface area contributed by atoms with Crippen molar-refractivity contribution in [2.24, 2.45) is 0 Å². The van der Waals surface area contributed by atoms with Gasteiger partial charge >= 0.3 is 0 Å². The van der Waals surface area contributed by atoms with Crippen LogP contribution in [0, 0.1) is 0 Å². The van der Waals surface area contributed by atoms with Gasteiger partial charge in [-0.1, -0.05) is 15.9 Å². The molecule has 2 fully saturated rings. The molecule has 0 N–H and O–H groups in total. The van der Waals surface area contributed by atoms with E-state index in [0.717, 1.165) is 68.5 Å². The maximum Gasteiger partial charge on any atom is 0.236 e. The SMILES string of the molecule is O=C(CN1CCCN(c2ccnc3cc(Br)ccc23)CC1)N1CCCC1. The molecule has 3 heterocycles. The van der Waals surface area contributed by atoms with Crippen molar-refractivity contribution in [1.82, 2.24) is 14.8 Å². The fraction of sp³-hybridized carbons (Fsp3) is 0.500. The number of fused-ring (bicyclic) bond motifs is 1. The zero-order valence-electron chi connectivity index (χ0n) is 15.0. The maximum absolute atomic E-state index is 12.4. The maximum atomic E-state index is 12.4. The van der Waals surface area contributed by atoms with Crippen molar-refractivity contribution in [1.29, 1.82) is 0 Å². The van der Waals surface area contributed by atoms with E-state index in [2.05, 4.69) is 55.0 Å². The van der Waals surface area contributed by atoms with Crippen LogP contribution in [-0.4, -0.2) is 66.5 Å². The molecule has 4 rings (SSSR count). The van der Waals surface area contributed by atoms with Gasteiger partial charge in [-0.25, -0.2) is 0 Å². The number of carbonyl (C=O) groups excluding carboxylic acids is 1. The van der Waals surface area contributed by atoms with Crippen molar-refractivity contribution < 1.29 is 4.79 Å². The van der Waals surface area contributed by atoms with Crippen LogP contribution in [-0.2, 0) is 4.79 Å². The molecule has 0 atom stereocenters. The van der Waals surface area contributed by atoms with Gasteiger partial charge in [0.05, 0.1) is 12.1 Å². The zero-order valence-corrected chi connectivity index (χ0v) is 16.6. The van der Waals surface area contributed by atoms with Crippen molar-refractivity contribution in [3.05, 3.63) is 34.9 Å². The number of rotatable bonds is 3. The van der Waals surface area contributed by atoms with Crippen LogP contribution in [0.3, 0.4) is 0 Å². The summed E-state index contributed by atoms with van der Waals surface area (Å²) in [5.74, 6) is 0.301. The van der Waals surface area contributed by atoms with Crippen molar-refractivity contribution in [2.45, 2.75) is 19.3 Å². The van der Waals surface area contributed by atoms with E-state index < -0.39 is 0 Å². The molecular formula is C20H25BrN4O. The van der Waals surface area contributed by atoms with Crippen molar-refractivity contribution in [3.63, 3.8) is 0 Å². The lowest BCUT2D eigenvalue weighted by Crippen LogP contribution is -2.40. The van der Waals surface area contributed by atoms with Crippen LogP contribution < -0.4 is 4.90 Å². The number of benzene rings is 1. The van der Waals surface area contributed by atoms with Crippen molar-refractivity contribution in [2.75, 3.05) is 50.7 Å². The summed E-state index contributed by atoms with van der Waals surface area (Å²) in [5.41, 5.74) is 2.26. The molecule has 5 nitrogen and oxygen atoms in total. The summed E-state index contributed by atoms with van der Waals surface area (Å²) in [6.07, 6.45) is 5.28. The molecule has 26 heavy (non-hydrogen) atoms. The van der Waals surface area contributed by atoms with Gasteiger partial charge in [-0.2, -0.15) is 0 Å². The minimum Gasteiger partial charge on any atom is -0.370 e. The Hall–Kier alpha value is -1.66. The van der Waals surface area contributed by atoms with Gasteiger partial charge in [0, 0.05) is 61.0 Å². The molecule has 2 aromatic rings. The molecule has 0 radical (unpaired) electrons. The number of nitrogens with zero attached hydrogens (tertiary/aromatic N) is 4. The summed E-state index contributed by atoms with van der Waals surface area (Å²) in [5, 5.41) is 1.19. The fourth-order valence-corrected chi connectivity index (χ4v) is 4.36. The van der Waals surface area contributed by atoms with Gasteiger partial charge < -0.3 is 9.80 Å². The normalized spacial score (nSPS) is 19.1. The van der Waals surface area contributed by atoms with Gasteiger partial charge in [0.2, 0.25) is 5.91 Å². The van der Waals surface area contributed by atoms with E-state index in [4.69, 9.17) is 0 Å². The first-order valence-electron chi connectivity index (χ1n) is 9.50. The quantitative estimate of drug-likeness (QED) is 0.770. The molecule has 0 unspecified atom stereocenters. The number of hydrogen-bond donors (Lipinski definition) is 0. The molecule has 0 spiro atoms. The molecular weight excluding hydrogens is 392 g/mol. The van der Waals surface area contributed by atoms with Gasteiger partial charge in [0.1, 0.15) is 0 Å². The third-order valence-corrected chi connectivity index (χ3v) is 5.92. The minimum absolute atomic E-state index is 0.301. The highest BCUT2D eigenvalue weighted by molar-refractivity contribution is 9.10. The molecule has 6 heteroatoms. The van der Waals surface area contributed by atoms with Gasteiger partial charge in [0.15, 0.2) is 0 Å². The Morgan fingerprint density at radius 2 is 1.85 bits per heavy atom. The van der Waals surface area contributed by atoms with Crippen LogP contribution in [0.5, 0.6) is 0 Å². The number of halogens is 1. The first-order chi connectivity index (χ1) is 12.7. The summed E-state index contributed by atoms with van der Waals surface area (Å²) in [7, 11) is 0. The molecule has 0 aliphatic carbocycles. The van der Waals surface area contributed by atoms with E-state index >= 15 is 0 Å². The first-order valence-corrected chi connectivity index (χ1v) is 10.3. The Labute approximate surface area is 163 Å². The van der Waals surface area contributed by atoms with Crippen LogP contribution in [0.1, 0.15) is 19.3 Å². The number of hydrogen-bond acceptors (Lipinski definition) is 4. The Bertz CT molecular complexity index is 790. The van der Waals surface area contributed by atoms with Gasteiger partial charge in [-0.15, -0.1) is 0 Å². The van der Waals surface area contributed by atoms with Gasteiger partial charge in [-0.05, 0) is 43.5 Å². The summed E-state index contributed by atoms with van der Waals surface area (Å²) < 4.78 is 1.05. The fourth-order valence-electron chi connectivity index (χ4n) is 4.01. The predicted octanol–water partition coefficient (Wildman–Crippen LogP) is 3.13. The molecule has 1 aromatic carbocycles. The second-order valence-electron chi connectivity index (χ2n) is 7.20. The summed E-state index contributed by atoms with van der Waals surface area (Å²) >= 11 is 3.53. The Balaban J connectivity index is 1.44. The number of likely N-dealkylation sites (tertiary alicyclic amines) is 1. The molecule has 1 amide bonds. The monoisotopic (exact) mass is 416 g/mol. The van der Waals surface area contributed by atoms with Gasteiger partial charge in [-0.3, -0.25) is 14.7 Å². The van der Waals surface area contributed by atoms with Gasteiger partial charge in [0.25, 0.3) is 0 Å². The molecule has 0 bridgehead atoms. The smallest absolute Gasteiger partial charge is 0.236 e. The number of carbonyl (C=O) groups is 1. The van der Waals surface area contributed by atoms with E-state index in [1.54, 1.807) is 0 Å². The topological polar surface area (TPSA) is 39.7 Å². The molecule has 138 valence electrons. The highest BCUT2D eigenvalue weighted by Gasteiger charge is 2.23. The van der Waals surface area contributed by atoms with Crippen LogP contribution in [0.2, 0.25) is 0 Å². The Morgan fingerprint density at radius 3 is 2.69 bits per heavy atom. The van der Waals surface area contributed by atoms with E-state index in [1.165, 1.54) is 11.1 Å². The molecule has 1 aromatic heterocycles. The molecule has 0 saturated carbocycles. The second-order valence-corrected chi connectivity index (χ2v) is 8.11. The van der Waals surface area contributed by atoms with E-state index in [1.807, 2.05) is 11.1 Å². The lowest BCUT2D eigenvalue weighted by Gasteiger charge is -2.25. The standard InChI is InChI=1S/C20H25BrN4O/c21-16-4-5-17-18(14-16)22-7-6-19(17)24-11-3-8-23(12-13-24)15-20(26)25-9-1-2-10-25/h4-7,14H,1-3,8-13,15H2. The molecule has 2 aliphatic rings. The van der Waals surface area contributed by atoms with Crippen LogP contribution in [0.4, 0.5) is 5.69 Å². The minimum atomic E-state index is 0.301. The van der Waals surface area contributed by atoms with E-state index in [9.17, 15) is 4.79 Å². The highest BCUT2D eigenvalue weighted by atomic mass is 79.9. The van der Waals surface area contributed by atoms with E-state index in [0.29, 0.717) is 12.5 Å². The molecule has 2 aliphatic heterocycles. The average Bonchev–Trinajstić information content (AvgIpc) is 3.09. The number of anilines is 1. The summed E-state index contributed by atoms with van der Waals surface area (Å²) in [6.45, 7) is 6.34. The zero-order chi connectivity index (χ0) is 17.9. The lowest BCUT2D eigenvalue weighted by atomic mass is 10.1. The highest BCUT2D eigenvalue weighted by Crippen LogP contribution is 2.28. The number of amides is 1. The Morgan fingerprint density at radius 1 is 1.00 bits per heavy atom.